The average molecular weight is 287 g/mol. The lowest BCUT2D eigenvalue weighted by molar-refractivity contribution is -0.136. The highest BCUT2D eigenvalue weighted by Crippen LogP contribution is 2.28. The third-order valence-corrected chi connectivity index (χ3v) is 3.64. The van der Waals surface area contributed by atoms with Crippen molar-refractivity contribution in [3.05, 3.63) is 51.7 Å². The SMILES string of the molecule is O=C1ON=C(c2cccs2)/C1=C/c1ccc(O)c(O)c1. The van der Waals surface area contributed by atoms with Crippen LogP contribution < -0.4 is 0 Å². The molecule has 20 heavy (non-hydrogen) atoms. The summed E-state index contributed by atoms with van der Waals surface area (Å²) in [5, 5.41) is 24.4. The molecule has 2 N–H and O–H groups in total. The van der Waals surface area contributed by atoms with E-state index in [4.69, 9.17) is 4.84 Å². The third kappa shape index (κ3) is 2.17. The van der Waals surface area contributed by atoms with Crippen molar-refractivity contribution in [2.75, 3.05) is 0 Å². The lowest BCUT2D eigenvalue weighted by Crippen LogP contribution is -2.05. The Kier molecular flexibility index (Phi) is 3.00. The highest BCUT2D eigenvalue weighted by atomic mass is 32.1. The van der Waals surface area contributed by atoms with Crippen LogP contribution in [0.25, 0.3) is 6.08 Å². The predicted molar refractivity (Wildman–Crippen MR) is 74.7 cm³/mol. The van der Waals surface area contributed by atoms with Crippen LogP contribution in [0.5, 0.6) is 11.5 Å². The van der Waals surface area contributed by atoms with Crippen LogP contribution in [-0.4, -0.2) is 21.9 Å². The molecule has 0 aliphatic carbocycles. The number of aromatic hydroxyl groups is 2. The first-order valence-electron chi connectivity index (χ1n) is 5.72. The molecule has 0 saturated carbocycles. The fourth-order valence-electron chi connectivity index (χ4n) is 1.80. The average Bonchev–Trinajstić information content (AvgIpc) is 3.05. The van der Waals surface area contributed by atoms with Crippen molar-refractivity contribution in [2.24, 2.45) is 5.16 Å². The van der Waals surface area contributed by atoms with Gasteiger partial charge in [0.1, 0.15) is 5.71 Å². The fraction of sp³-hybridized carbons (Fsp3) is 0. The highest BCUT2D eigenvalue weighted by molar-refractivity contribution is 7.12. The maximum atomic E-state index is 11.7. The number of rotatable bonds is 2. The van der Waals surface area contributed by atoms with E-state index in [0.29, 0.717) is 16.8 Å². The Morgan fingerprint density at radius 2 is 2.05 bits per heavy atom. The smallest absolute Gasteiger partial charge is 0.368 e. The molecule has 0 unspecified atom stereocenters. The number of hydrogen-bond donors (Lipinski definition) is 2. The topological polar surface area (TPSA) is 79.1 Å². The molecular weight excluding hydrogens is 278 g/mol. The number of benzene rings is 1. The van der Waals surface area contributed by atoms with E-state index in [9.17, 15) is 15.0 Å². The van der Waals surface area contributed by atoms with Gasteiger partial charge in [0.15, 0.2) is 11.5 Å². The molecule has 100 valence electrons. The number of carbonyl (C=O) groups excluding carboxylic acids is 1. The first kappa shape index (κ1) is 12.4. The highest BCUT2D eigenvalue weighted by Gasteiger charge is 2.27. The zero-order valence-corrected chi connectivity index (χ0v) is 10.9. The van der Waals surface area contributed by atoms with Crippen molar-refractivity contribution in [2.45, 2.75) is 0 Å². The van der Waals surface area contributed by atoms with Crippen LogP contribution in [0.3, 0.4) is 0 Å². The van der Waals surface area contributed by atoms with Gasteiger partial charge in [-0.05, 0) is 35.2 Å². The maximum Gasteiger partial charge on any atom is 0.368 e. The molecule has 1 aliphatic heterocycles. The summed E-state index contributed by atoms with van der Waals surface area (Å²) in [6, 6.07) is 7.99. The first-order chi connectivity index (χ1) is 9.65. The van der Waals surface area contributed by atoms with Crippen molar-refractivity contribution < 1.29 is 19.8 Å². The van der Waals surface area contributed by atoms with Crippen LogP contribution in [0, 0.1) is 0 Å². The van der Waals surface area contributed by atoms with Crippen LogP contribution in [0.15, 0.2) is 46.4 Å². The van der Waals surface area contributed by atoms with Gasteiger partial charge >= 0.3 is 5.97 Å². The summed E-state index contributed by atoms with van der Waals surface area (Å²) in [6.07, 6.45) is 1.56. The summed E-state index contributed by atoms with van der Waals surface area (Å²) in [6.45, 7) is 0. The van der Waals surface area contributed by atoms with Gasteiger partial charge in [0.05, 0.1) is 10.5 Å². The summed E-state index contributed by atoms with van der Waals surface area (Å²) < 4.78 is 0. The summed E-state index contributed by atoms with van der Waals surface area (Å²) in [7, 11) is 0. The van der Waals surface area contributed by atoms with Gasteiger partial charge in [0.25, 0.3) is 0 Å². The molecule has 1 aromatic carbocycles. The zero-order valence-electron chi connectivity index (χ0n) is 10.1. The Morgan fingerprint density at radius 3 is 2.75 bits per heavy atom. The van der Waals surface area contributed by atoms with Gasteiger partial charge in [-0.3, -0.25) is 0 Å². The summed E-state index contributed by atoms with van der Waals surface area (Å²) >= 11 is 1.45. The third-order valence-electron chi connectivity index (χ3n) is 2.76. The van der Waals surface area contributed by atoms with E-state index >= 15 is 0 Å². The Balaban J connectivity index is 2.02. The van der Waals surface area contributed by atoms with E-state index in [2.05, 4.69) is 5.16 Å². The molecular formula is C14H9NO4S. The lowest BCUT2D eigenvalue weighted by atomic mass is 10.1. The molecule has 0 atom stereocenters. The summed E-state index contributed by atoms with van der Waals surface area (Å²) in [4.78, 5) is 17.3. The predicted octanol–water partition coefficient (Wildman–Crippen LogP) is 2.50. The Morgan fingerprint density at radius 1 is 1.20 bits per heavy atom. The number of phenols is 2. The van der Waals surface area contributed by atoms with E-state index in [1.54, 1.807) is 12.1 Å². The van der Waals surface area contributed by atoms with Gasteiger partial charge < -0.3 is 15.1 Å². The minimum atomic E-state index is -0.541. The molecule has 0 bridgehead atoms. The molecule has 6 heteroatoms. The van der Waals surface area contributed by atoms with Gasteiger partial charge in [-0.2, -0.15) is 0 Å². The van der Waals surface area contributed by atoms with Gasteiger partial charge in [0.2, 0.25) is 0 Å². The fourth-order valence-corrected chi connectivity index (χ4v) is 2.52. The second-order valence-electron chi connectivity index (χ2n) is 4.10. The van der Waals surface area contributed by atoms with Gasteiger partial charge in [0, 0.05) is 0 Å². The second-order valence-corrected chi connectivity index (χ2v) is 5.05. The lowest BCUT2D eigenvalue weighted by Gasteiger charge is -2.00. The Labute approximate surface area is 118 Å². The normalized spacial score (nSPS) is 16.3. The van der Waals surface area contributed by atoms with E-state index in [1.807, 2.05) is 17.5 Å². The Bertz CT molecular complexity index is 732. The van der Waals surface area contributed by atoms with E-state index in [0.717, 1.165) is 4.88 Å². The molecule has 0 saturated heterocycles. The number of thiophene rings is 1. The quantitative estimate of drug-likeness (QED) is 0.505. The number of phenolic OH excluding ortho intramolecular Hbond substituents is 2. The van der Waals surface area contributed by atoms with Crippen LogP contribution in [0.2, 0.25) is 0 Å². The minimum Gasteiger partial charge on any atom is -0.504 e. The van der Waals surface area contributed by atoms with Crippen molar-refractivity contribution in [1.82, 2.24) is 0 Å². The molecule has 3 rings (SSSR count). The van der Waals surface area contributed by atoms with Gasteiger partial charge in [-0.1, -0.05) is 17.3 Å². The minimum absolute atomic E-state index is 0.215. The molecule has 5 nitrogen and oxygen atoms in total. The molecule has 0 amide bonds. The van der Waals surface area contributed by atoms with Crippen molar-refractivity contribution in [3.8, 4) is 11.5 Å². The maximum absolute atomic E-state index is 11.7. The van der Waals surface area contributed by atoms with E-state index < -0.39 is 5.97 Å². The van der Waals surface area contributed by atoms with E-state index in [1.165, 1.54) is 23.5 Å². The number of carbonyl (C=O) groups is 1. The van der Waals surface area contributed by atoms with Crippen LogP contribution >= 0.6 is 11.3 Å². The summed E-state index contributed by atoms with van der Waals surface area (Å²) in [5.41, 5.74) is 1.36. The molecule has 0 radical (unpaired) electrons. The molecule has 1 aromatic heterocycles. The molecule has 2 heterocycles. The van der Waals surface area contributed by atoms with E-state index in [-0.39, 0.29) is 11.5 Å². The molecule has 1 aliphatic rings. The van der Waals surface area contributed by atoms with Crippen molar-refractivity contribution >= 4 is 29.1 Å². The standard InChI is InChI=1S/C14H9NO4S/c16-10-4-3-8(7-11(10)17)6-9-13(15-19-14(9)18)12-2-1-5-20-12/h1-7,16-17H/b9-6-. The molecule has 2 aromatic rings. The van der Waals surface area contributed by atoms with Gasteiger partial charge in [-0.25, -0.2) is 4.79 Å². The number of oxime groups is 1. The Hall–Kier alpha value is -2.60. The van der Waals surface area contributed by atoms with Crippen LogP contribution in [0.1, 0.15) is 10.4 Å². The monoisotopic (exact) mass is 287 g/mol. The van der Waals surface area contributed by atoms with Crippen LogP contribution in [0.4, 0.5) is 0 Å². The summed E-state index contributed by atoms with van der Waals surface area (Å²) in [5.74, 6) is -1.01. The second kappa shape index (κ2) is 4.82. The van der Waals surface area contributed by atoms with Crippen LogP contribution in [-0.2, 0) is 9.63 Å². The number of hydrogen-bond acceptors (Lipinski definition) is 6. The molecule has 0 fully saturated rings. The van der Waals surface area contributed by atoms with Crippen molar-refractivity contribution in [3.63, 3.8) is 0 Å². The van der Waals surface area contributed by atoms with Crippen molar-refractivity contribution in [1.29, 1.82) is 0 Å². The molecule has 0 spiro atoms. The number of nitrogens with zero attached hydrogens (tertiary/aromatic N) is 1. The van der Waals surface area contributed by atoms with Gasteiger partial charge in [-0.15, -0.1) is 11.3 Å². The zero-order chi connectivity index (χ0) is 14.1. The first-order valence-corrected chi connectivity index (χ1v) is 6.60. The largest absolute Gasteiger partial charge is 0.504 e.